The number of aromatic amines is 1. The van der Waals surface area contributed by atoms with Crippen molar-refractivity contribution >= 4 is 17.3 Å². The number of nitrogens with two attached hydrogens (primary N) is 1. The van der Waals surface area contributed by atoms with Gasteiger partial charge >= 0.3 is 0 Å². The van der Waals surface area contributed by atoms with Crippen LogP contribution in [-0.2, 0) is 0 Å². The van der Waals surface area contributed by atoms with Gasteiger partial charge in [-0.25, -0.2) is 4.39 Å². The van der Waals surface area contributed by atoms with Crippen LogP contribution in [0.15, 0.2) is 30.6 Å². The Bertz CT molecular complexity index is 510. The normalized spacial score (nSPS) is 10.1. The highest BCUT2D eigenvalue weighted by Gasteiger charge is 2.09. The highest BCUT2D eigenvalue weighted by Crippen LogP contribution is 2.17. The van der Waals surface area contributed by atoms with Crippen molar-refractivity contribution in [2.75, 3.05) is 11.1 Å². The van der Waals surface area contributed by atoms with Gasteiger partial charge in [-0.15, -0.1) is 0 Å². The van der Waals surface area contributed by atoms with E-state index in [1.165, 1.54) is 24.5 Å². The van der Waals surface area contributed by atoms with Gasteiger partial charge in [0.25, 0.3) is 5.91 Å². The first-order chi connectivity index (χ1) is 7.66. The molecule has 2 aromatic rings. The Kier molecular flexibility index (Phi) is 2.55. The Labute approximate surface area is 90.5 Å². The van der Waals surface area contributed by atoms with Gasteiger partial charge in [-0.1, -0.05) is 0 Å². The number of nitrogens with one attached hydrogen (secondary N) is 2. The summed E-state index contributed by atoms with van der Waals surface area (Å²) in [6.07, 6.45) is 2.77. The van der Waals surface area contributed by atoms with E-state index in [1.807, 2.05) is 0 Å². The van der Waals surface area contributed by atoms with Gasteiger partial charge in [0.2, 0.25) is 0 Å². The molecule has 0 bridgehead atoms. The molecule has 5 nitrogen and oxygen atoms in total. The van der Waals surface area contributed by atoms with Crippen molar-refractivity contribution in [3.8, 4) is 0 Å². The third kappa shape index (κ3) is 2.00. The lowest BCUT2D eigenvalue weighted by Gasteiger charge is -2.05. The number of hydrogen-bond donors (Lipinski definition) is 3. The lowest BCUT2D eigenvalue weighted by atomic mass is 10.2. The summed E-state index contributed by atoms with van der Waals surface area (Å²) in [4.78, 5) is 11.5. The number of hydrogen-bond acceptors (Lipinski definition) is 3. The highest BCUT2D eigenvalue weighted by molar-refractivity contribution is 6.04. The Hall–Kier alpha value is -2.37. The molecule has 16 heavy (non-hydrogen) atoms. The molecule has 2 rings (SSSR count). The second-order valence-corrected chi connectivity index (χ2v) is 3.18. The fourth-order valence-corrected chi connectivity index (χ4v) is 1.20. The maximum absolute atomic E-state index is 13.3. The van der Waals surface area contributed by atoms with Crippen LogP contribution in [0.3, 0.4) is 0 Å². The van der Waals surface area contributed by atoms with E-state index in [2.05, 4.69) is 15.5 Å². The zero-order chi connectivity index (χ0) is 11.5. The summed E-state index contributed by atoms with van der Waals surface area (Å²) < 4.78 is 13.3. The molecular formula is C10H9FN4O. The molecule has 0 saturated heterocycles. The molecule has 1 amide bonds. The van der Waals surface area contributed by atoms with Gasteiger partial charge < -0.3 is 11.1 Å². The van der Waals surface area contributed by atoms with Crippen molar-refractivity contribution in [3.63, 3.8) is 0 Å². The molecule has 0 spiro atoms. The molecule has 82 valence electrons. The van der Waals surface area contributed by atoms with E-state index in [-0.39, 0.29) is 5.69 Å². The molecule has 1 heterocycles. The van der Waals surface area contributed by atoms with Gasteiger partial charge in [-0.3, -0.25) is 9.89 Å². The van der Waals surface area contributed by atoms with Crippen LogP contribution in [0.1, 0.15) is 10.4 Å². The minimum atomic E-state index is -0.572. The first-order valence-electron chi connectivity index (χ1n) is 4.52. The molecular weight excluding hydrogens is 211 g/mol. The van der Waals surface area contributed by atoms with E-state index < -0.39 is 11.7 Å². The largest absolute Gasteiger partial charge is 0.399 e. The third-order valence-corrected chi connectivity index (χ3v) is 2.00. The predicted molar refractivity (Wildman–Crippen MR) is 57.4 cm³/mol. The van der Waals surface area contributed by atoms with Gasteiger partial charge in [0.1, 0.15) is 5.82 Å². The maximum atomic E-state index is 13.3. The van der Waals surface area contributed by atoms with Crippen LogP contribution in [0.5, 0.6) is 0 Å². The summed E-state index contributed by atoms with van der Waals surface area (Å²) in [5, 5.41) is 8.53. The number of amides is 1. The molecule has 0 fully saturated rings. The summed E-state index contributed by atoms with van der Waals surface area (Å²) in [5.74, 6) is -1.01. The van der Waals surface area contributed by atoms with Crippen molar-refractivity contribution in [2.45, 2.75) is 0 Å². The fourth-order valence-electron chi connectivity index (χ4n) is 1.20. The van der Waals surface area contributed by atoms with Crippen molar-refractivity contribution < 1.29 is 9.18 Å². The fraction of sp³-hybridized carbons (Fsp3) is 0. The van der Waals surface area contributed by atoms with Crippen LogP contribution < -0.4 is 11.1 Å². The number of H-pyrrole nitrogens is 1. The van der Waals surface area contributed by atoms with Gasteiger partial charge in [0, 0.05) is 11.9 Å². The summed E-state index contributed by atoms with van der Waals surface area (Å²) in [6.45, 7) is 0. The molecule has 6 heteroatoms. The van der Waals surface area contributed by atoms with Crippen molar-refractivity contribution in [3.05, 3.63) is 42.0 Å². The molecule has 0 aliphatic rings. The Balaban J connectivity index is 2.18. The standard InChI is InChI=1S/C10H9FN4O/c11-8-3-7(12)1-2-9(8)15-10(16)6-4-13-14-5-6/h1-5H,12H2,(H,13,14)(H,15,16). The van der Waals surface area contributed by atoms with Crippen molar-refractivity contribution in [2.24, 2.45) is 0 Å². The van der Waals surface area contributed by atoms with Crippen molar-refractivity contribution in [1.82, 2.24) is 10.2 Å². The summed E-state index contributed by atoms with van der Waals surface area (Å²) in [7, 11) is 0. The molecule has 0 aliphatic heterocycles. The number of anilines is 2. The SMILES string of the molecule is Nc1ccc(NC(=O)c2cn[nH]c2)c(F)c1. The number of benzene rings is 1. The number of halogens is 1. The maximum Gasteiger partial charge on any atom is 0.258 e. The minimum Gasteiger partial charge on any atom is -0.399 e. The van der Waals surface area contributed by atoms with Crippen LogP contribution in [0.25, 0.3) is 0 Å². The minimum absolute atomic E-state index is 0.0837. The monoisotopic (exact) mass is 220 g/mol. The second kappa shape index (κ2) is 4.01. The predicted octanol–water partition coefficient (Wildman–Crippen LogP) is 1.38. The average Bonchev–Trinajstić information content (AvgIpc) is 2.75. The van der Waals surface area contributed by atoms with E-state index in [0.717, 1.165) is 6.07 Å². The quantitative estimate of drug-likeness (QED) is 0.668. The van der Waals surface area contributed by atoms with E-state index >= 15 is 0 Å². The molecule has 0 unspecified atom stereocenters. The van der Waals surface area contributed by atoms with Crippen LogP contribution in [-0.4, -0.2) is 16.1 Å². The van der Waals surface area contributed by atoms with Gasteiger partial charge in [0.05, 0.1) is 17.4 Å². The lowest BCUT2D eigenvalue weighted by molar-refractivity contribution is 0.102. The number of nitrogens with zero attached hydrogens (tertiary/aromatic N) is 1. The lowest BCUT2D eigenvalue weighted by Crippen LogP contribution is -2.12. The van der Waals surface area contributed by atoms with Crippen molar-refractivity contribution in [1.29, 1.82) is 0 Å². The van der Waals surface area contributed by atoms with Crippen LogP contribution in [0.4, 0.5) is 15.8 Å². The first kappa shape index (κ1) is 10.2. The summed E-state index contributed by atoms with van der Waals surface area (Å²) in [5.41, 5.74) is 6.10. The molecule has 0 atom stereocenters. The third-order valence-electron chi connectivity index (χ3n) is 2.00. The van der Waals surface area contributed by atoms with Gasteiger partial charge in [-0.2, -0.15) is 5.10 Å². The van der Waals surface area contributed by atoms with Gasteiger partial charge in [-0.05, 0) is 18.2 Å². The summed E-state index contributed by atoms with van der Waals surface area (Å²) >= 11 is 0. The number of rotatable bonds is 2. The Morgan fingerprint density at radius 1 is 1.50 bits per heavy atom. The number of carbonyl (C=O) groups is 1. The Morgan fingerprint density at radius 2 is 2.31 bits per heavy atom. The molecule has 1 aromatic carbocycles. The van der Waals surface area contributed by atoms with Crippen LogP contribution in [0.2, 0.25) is 0 Å². The van der Waals surface area contributed by atoms with E-state index in [9.17, 15) is 9.18 Å². The average molecular weight is 220 g/mol. The van der Waals surface area contributed by atoms with E-state index in [0.29, 0.717) is 11.3 Å². The number of carbonyl (C=O) groups excluding carboxylic acids is 1. The Morgan fingerprint density at radius 3 is 2.94 bits per heavy atom. The van der Waals surface area contributed by atoms with Gasteiger partial charge in [0.15, 0.2) is 0 Å². The molecule has 0 aliphatic carbocycles. The van der Waals surface area contributed by atoms with E-state index in [1.54, 1.807) is 0 Å². The first-order valence-corrected chi connectivity index (χ1v) is 4.52. The van der Waals surface area contributed by atoms with Crippen LogP contribution >= 0.6 is 0 Å². The zero-order valence-corrected chi connectivity index (χ0v) is 8.20. The molecule has 1 aromatic heterocycles. The highest BCUT2D eigenvalue weighted by atomic mass is 19.1. The second-order valence-electron chi connectivity index (χ2n) is 3.18. The van der Waals surface area contributed by atoms with E-state index in [4.69, 9.17) is 5.73 Å². The zero-order valence-electron chi connectivity index (χ0n) is 8.20. The summed E-state index contributed by atoms with van der Waals surface area (Å²) in [6, 6.07) is 4.06. The molecule has 0 saturated carbocycles. The smallest absolute Gasteiger partial charge is 0.258 e. The topological polar surface area (TPSA) is 83.8 Å². The number of nitrogen functional groups attached to an aromatic ring is 1. The molecule has 4 N–H and O–H groups in total. The molecule has 0 radical (unpaired) electrons. The van der Waals surface area contributed by atoms with Crippen LogP contribution in [0, 0.1) is 5.82 Å². The number of aromatic nitrogens is 2.